The second kappa shape index (κ2) is 5.89. The fraction of sp³-hybridized carbons (Fsp3) is 0.364. The first-order chi connectivity index (χ1) is 7.56. The third-order valence-corrected chi connectivity index (χ3v) is 2.64. The van der Waals surface area contributed by atoms with Crippen molar-refractivity contribution >= 4 is 18.6 Å². The van der Waals surface area contributed by atoms with Crippen LogP contribution in [0.5, 0.6) is 0 Å². The molecule has 88 valence electrons. The quantitative estimate of drug-likeness (QED) is 0.571. The number of hydrogen-bond donors (Lipinski definition) is 4. The number of aliphatic hydroxyl groups is 2. The summed E-state index contributed by atoms with van der Waals surface area (Å²) in [4.78, 5) is 10.6. The number of benzene rings is 1. The second-order valence-corrected chi connectivity index (χ2v) is 3.83. The molecule has 0 saturated heterocycles. The van der Waals surface area contributed by atoms with Gasteiger partial charge in [0, 0.05) is 5.75 Å². The van der Waals surface area contributed by atoms with Crippen LogP contribution in [-0.2, 0) is 11.2 Å². The molecule has 1 rings (SSSR count). The van der Waals surface area contributed by atoms with Crippen LogP contribution in [0.15, 0.2) is 24.3 Å². The number of aliphatic hydroxyl groups excluding tert-OH is 2. The van der Waals surface area contributed by atoms with E-state index in [1.54, 1.807) is 24.3 Å². The lowest BCUT2D eigenvalue weighted by atomic mass is 9.97. The molecule has 0 aromatic heterocycles. The summed E-state index contributed by atoms with van der Waals surface area (Å²) in [6.07, 6.45) is -2.28. The van der Waals surface area contributed by atoms with Gasteiger partial charge in [0.05, 0.1) is 12.5 Å². The standard InChI is InChI=1S/C11H14O4S/c12-9(6-16)11(15)8-4-2-1-3-7(8)5-10(13)14/h1-4,9,11-12,15-16H,5-6H2,(H,13,14). The molecule has 1 aromatic carbocycles. The molecule has 1 aromatic rings. The van der Waals surface area contributed by atoms with Crippen molar-refractivity contribution in [2.45, 2.75) is 18.6 Å². The highest BCUT2D eigenvalue weighted by Gasteiger charge is 2.20. The average molecular weight is 242 g/mol. The van der Waals surface area contributed by atoms with E-state index >= 15 is 0 Å². The largest absolute Gasteiger partial charge is 0.481 e. The molecule has 16 heavy (non-hydrogen) atoms. The second-order valence-electron chi connectivity index (χ2n) is 3.46. The predicted molar refractivity (Wildman–Crippen MR) is 62.6 cm³/mol. The van der Waals surface area contributed by atoms with Crippen LogP contribution in [0.1, 0.15) is 17.2 Å². The average Bonchev–Trinajstić information content (AvgIpc) is 2.27. The van der Waals surface area contributed by atoms with E-state index in [-0.39, 0.29) is 12.2 Å². The summed E-state index contributed by atoms with van der Waals surface area (Å²) in [7, 11) is 0. The summed E-state index contributed by atoms with van der Waals surface area (Å²) in [6.45, 7) is 0. The van der Waals surface area contributed by atoms with E-state index in [9.17, 15) is 15.0 Å². The highest BCUT2D eigenvalue weighted by Crippen LogP contribution is 2.22. The zero-order valence-electron chi connectivity index (χ0n) is 8.58. The Morgan fingerprint density at radius 1 is 1.31 bits per heavy atom. The number of rotatable bonds is 5. The molecule has 0 bridgehead atoms. The summed E-state index contributed by atoms with van der Waals surface area (Å²) < 4.78 is 0. The molecule has 4 nitrogen and oxygen atoms in total. The topological polar surface area (TPSA) is 77.8 Å². The summed E-state index contributed by atoms with van der Waals surface area (Å²) in [6, 6.07) is 6.62. The summed E-state index contributed by atoms with van der Waals surface area (Å²) in [5.41, 5.74) is 0.940. The summed E-state index contributed by atoms with van der Waals surface area (Å²) >= 11 is 3.88. The van der Waals surface area contributed by atoms with Gasteiger partial charge in [-0.05, 0) is 11.1 Å². The molecular formula is C11H14O4S. The van der Waals surface area contributed by atoms with Gasteiger partial charge in [-0.3, -0.25) is 4.79 Å². The third-order valence-electron chi connectivity index (χ3n) is 2.27. The van der Waals surface area contributed by atoms with Crippen LogP contribution in [0.25, 0.3) is 0 Å². The van der Waals surface area contributed by atoms with Crippen LogP contribution in [0.2, 0.25) is 0 Å². The van der Waals surface area contributed by atoms with Crippen LogP contribution < -0.4 is 0 Å². The van der Waals surface area contributed by atoms with E-state index in [0.717, 1.165) is 0 Å². The fourth-order valence-electron chi connectivity index (χ4n) is 1.45. The molecule has 0 fully saturated rings. The van der Waals surface area contributed by atoms with Gasteiger partial charge in [-0.15, -0.1) is 0 Å². The zero-order chi connectivity index (χ0) is 12.1. The molecule has 5 heteroatoms. The molecule has 0 saturated carbocycles. The molecule has 0 aliphatic carbocycles. The van der Waals surface area contributed by atoms with Gasteiger partial charge in [0.1, 0.15) is 6.10 Å². The zero-order valence-corrected chi connectivity index (χ0v) is 9.47. The Kier molecular flexibility index (Phi) is 4.79. The molecule has 2 atom stereocenters. The molecule has 0 heterocycles. The number of thiol groups is 1. The first kappa shape index (κ1) is 13.0. The predicted octanol–water partition coefficient (Wildman–Crippen LogP) is 0.638. The van der Waals surface area contributed by atoms with Gasteiger partial charge in [0.2, 0.25) is 0 Å². The lowest BCUT2D eigenvalue weighted by Crippen LogP contribution is -2.21. The van der Waals surface area contributed by atoms with Crippen LogP contribution in [-0.4, -0.2) is 33.1 Å². The van der Waals surface area contributed by atoms with E-state index in [0.29, 0.717) is 11.1 Å². The minimum Gasteiger partial charge on any atom is -0.481 e. The molecule has 0 amide bonds. The van der Waals surface area contributed by atoms with Gasteiger partial charge in [-0.1, -0.05) is 24.3 Å². The van der Waals surface area contributed by atoms with Gasteiger partial charge < -0.3 is 15.3 Å². The van der Waals surface area contributed by atoms with Crippen molar-refractivity contribution in [3.63, 3.8) is 0 Å². The van der Waals surface area contributed by atoms with Gasteiger partial charge in [-0.2, -0.15) is 12.6 Å². The Morgan fingerprint density at radius 3 is 2.50 bits per heavy atom. The Hall–Kier alpha value is -1.04. The molecule has 2 unspecified atom stereocenters. The third kappa shape index (κ3) is 3.23. The maximum Gasteiger partial charge on any atom is 0.307 e. The molecule has 3 N–H and O–H groups in total. The van der Waals surface area contributed by atoms with Gasteiger partial charge in [0.25, 0.3) is 0 Å². The first-order valence-electron chi connectivity index (χ1n) is 4.83. The molecule has 0 aliphatic heterocycles. The van der Waals surface area contributed by atoms with E-state index in [1.165, 1.54) is 0 Å². The Morgan fingerprint density at radius 2 is 1.94 bits per heavy atom. The van der Waals surface area contributed by atoms with Gasteiger partial charge in [0.15, 0.2) is 0 Å². The van der Waals surface area contributed by atoms with Crippen LogP contribution in [0.4, 0.5) is 0 Å². The lowest BCUT2D eigenvalue weighted by Gasteiger charge is -2.18. The van der Waals surface area contributed by atoms with Crippen molar-refractivity contribution in [1.29, 1.82) is 0 Å². The first-order valence-corrected chi connectivity index (χ1v) is 5.46. The minimum atomic E-state index is -1.10. The Labute approximate surface area is 99.0 Å². The van der Waals surface area contributed by atoms with Crippen molar-refractivity contribution in [2.75, 3.05) is 5.75 Å². The summed E-state index contributed by atoms with van der Waals surface area (Å²) in [5.74, 6) is -0.859. The normalized spacial score (nSPS) is 14.4. The van der Waals surface area contributed by atoms with Crippen LogP contribution in [0, 0.1) is 0 Å². The van der Waals surface area contributed by atoms with Gasteiger partial charge in [-0.25, -0.2) is 0 Å². The van der Waals surface area contributed by atoms with Crippen LogP contribution in [0.3, 0.4) is 0 Å². The Bertz CT molecular complexity index is 367. The maximum atomic E-state index is 10.6. The van der Waals surface area contributed by atoms with Crippen molar-refractivity contribution in [3.05, 3.63) is 35.4 Å². The number of aliphatic carboxylic acids is 1. The smallest absolute Gasteiger partial charge is 0.307 e. The molecule has 0 aliphatic rings. The van der Waals surface area contributed by atoms with Crippen molar-refractivity contribution in [2.24, 2.45) is 0 Å². The van der Waals surface area contributed by atoms with E-state index in [2.05, 4.69) is 12.6 Å². The number of carboxylic acids is 1. The van der Waals surface area contributed by atoms with Crippen molar-refractivity contribution < 1.29 is 20.1 Å². The molecule has 0 spiro atoms. The fourth-order valence-corrected chi connectivity index (χ4v) is 1.65. The van der Waals surface area contributed by atoms with Crippen LogP contribution >= 0.6 is 12.6 Å². The molecule has 0 radical (unpaired) electrons. The van der Waals surface area contributed by atoms with E-state index in [4.69, 9.17) is 5.11 Å². The molecular weight excluding hydrogens is 228 g/mol. The lowest BCUT2D eigenvalue weighted by molar-refractivity contribution is -0.136. The number of carboxylic acid groups (broad SMARTS) is 1. The van der Waals surface area contributed by atoms with Crippen molar-refractivity contribution in [1.82, 2.24) is 0 Å². The highest BCUT2D eigenvalue weighted by atomic mass is 32.1. The minimum absolute atomic E-state index is 0.114. The van der Waals surface area contributed by atoms with E-state index in [1.807, 2.05) is 0 Å². The summed E-state index contributed by atoms with van der Waals surface area (Å²) in [5, 5.41) is 28.0. The van der Waals surface area contributed by atoms with E-state index < -0.39 is 18.2 Å². The Balaban J connectivity index is 2.98. The highest BCUT2D eigenvalue weighted by molar-refractivity contribution is 7.80. The van der Waals surface area contributed by atoms with Crippen molar-refractivity contribution in [3.8, 4) is 0 Å². The number of carbonyl (C=O) groups is 1. The monoisotopic (exact) mass is 242 g/mol. The SMILES string of the molecule is O=C(O)Cc1ccccc1C(O)C(O)CS. The maximum absolute atomic E-state index is 10.6. The number of hydrogen-bond acceptors (Lipinski definition) is 4. The van der Waals surface area contributed by atoms with Gasteiger partial charge >= 0.3 is 5.97 Å².